The maximum absolute atomic E-state index is 13.4. The second kappa shape index (κ2) is 8.51. The molecule has 166 valence electrons. The molecule has 2 fully saturated rings. The molecule has 0 aromatic heterocycles. The third kappa shape index (κ3) is 4.14. The summed E-state index contributed by atoms with van der Waals surface area (Å²) < 4.78 is 38.2. The van der Waals surface area contributed by atoms with Crippen LogP contribution in [-0.2, 0) is 21.4 Å². The van der Waals surface area contributed by atoms with Crippen LogP contribution in [0.5, 0.6) is 11.5 Å². The minimum atomic E-state index is -3.66. The molecule has 0 aliphatic carbocycles. The summed E-state index contributed by atoms with van der Waals surface area (Å²) in [4.78, 5) is 15.4. The van der Waals surface area contributed by atoms with Crippen molar-refractivity contribution < 1.29 is 22.7 Å². The summed E-state index contributed by atoms with van der Waals surface area (Å²) in [6.45, 7) is 1.83. The molecule has 1 unspecified atom stereocenters. The van der Waals surface area contributed by atoms with Crippen LogP contribution in [0.15, 0.2) is 53.4 Å². The van der Waals surface area contributed by atoms with E-state index in [1.54, 1.807) is 38.5 Å². The molecular weight excluding hydrogens is 416 g/mol. The van der Waals surface area contributed by atoms with E-state index < -0.39 is 15.4 Å². The lowest BCUT2D eigenvalue weighted by Crippen LogP contribution is -2.49. The van der Waals surface area contributed by atoms with Gasteiger partial charge in [0.2, 0.25) is 15.9 Å². The van der Waals surface area contributed by atoms with Gasteiger partial charge in [-0.05, 0) is 61.2 Å². The summed E-state index contributed by atoms with van der Waals surface area (Å²) >= 11 is 0. The minimum absolute atomic E-state index is 0.0537. The standard InChI is InChI=1S/C23H28N2O5S/c1-29-19-6-4-18(5-7-19)16-24-15-13-23(22(24)26)12-3-14-25(17-23)31(27,28)21-10-8-20(30-2)9-11-21/h4-11H,3,12-17H2,1-2H3. The topological polar surface area (TPSA) is 76.2 Å². The van der Waals surface area contributed by atoms with Crippen molar-refractivity contribution in [1.82, 2.24) is 9.21 Å². The molecule has 2 aliphatic rings. The summed E-state index contributed by atoms with van der Waals surface area (Å²) in [5.41, 5.74) is 0.397. The second-order valence-electron chi connectivity index (χ2n) is 8.22. The first-order valence-electron chi connectivity index (χ1n) is 10.4. The summed E-state index contributed by atoms with van der Waals surface area (Å²) in [5, 5.41) is 0. The number of piperidine rings is 1. The Bertz CT molecular complexity index is 1040. The first-order valence-corrected chi connectivity index (χ1v) is 11.9. The van der Waals surface area contributed by atoms with Gasteiger partial charge in [-0.2, -0.15) is 4.31 Å². The molecule has 2 aromatic carbocycles. The van der Waals surface area contributed by atoms with E-state index in [4.69, 9.17) is 9.47 Å². The lowest BCUT2D eigenvalue weighted by atomic mass is 9.79. The third-order valence-corrected chi connectivity index (χ3v) is 8.23. The Labute approximate surface area is 183 Å². The van der Waals surface area contributed by atoms with Crippen LogP contribution in [0.25, 0.3) is 0 Å². The van der Waals surface area contributed by atoms with Gasteiger partial charge in [0.15, 0.2) is 0 Å². The zero-order valence-corrected chi connectivity index (χ0v) is 18.7. The molecule has 7 nitrogen and oxygen atoms in total. The van der Waals surface area contributed by atoms with E-state index in [-0.39, 0.29) is 17.3 Å². The second-order valence-corrected chi connectivity index (χ2v) is 10.2. The predicted molar refractivity (Wildman–Crippen MR) is 116 cm³/mol. The highest BCUT2D eigenvalue weighted by Crippen LogP contribution is 2.42. The van der Waals surface area contributed by atoms with Gasteiger partial charge >= 0.3 is 0 Å². The Kier molecular flexibility index (Phi) is 5.94. The molecule has 4 rings (SSSR count). The van der Waals surface area contributed by atoms with Crippen molar-refractivity contribution in [3.05, 3.63) is 54.1 Å². The number of sulfonamides is 1. The van der Waals surface area contributed by atoms with Crippen LogP contribution in [-0.4, -0.2) is 57.4 Å². The molecule has 1 atom stereocenters. The van der Waals surface area contributed by atoms with E-state index in [2.05, 4.69) is 0 Å². The highest BCUT2D eigenvalue weighted by Gasteiger charge is 2.50. The molecule has 31 heavy (non-hydrogen) atoms. The van der Waals surface area contributed by atoms with Crippen molar-refractivity contribution in [2.24, 2.45) is 5.41 Å². The summed E-state index contributed by atoms with van der Waals surface area (Å²) in [6, 6.07) is 14.1. The quantitative estimate of drug-likeness (QED) is 0.685. The Balaban J connectivity index is 1.49. The van der Waals surface area contributed by atoms with Gasteiger partial charge in [0.25, 0.3) is 0 Å². The number of rotatable bonds is 6. The molecular formula is C23H28N2O5S. The van der Waals surface area contributed by atoms with Crippen LogP contribution in [0.3, 0.4) is 0 Å². The van der Waals surface area contributed by atoms with Gasteiger partial charge in [-0.1, -0.05) is 12.1 Å². The van der Waals surface area contributed by atoms with Gasteiger partial charge in [0, 0.05) is 26.2 Å². The molecule has 0 radical (unpaired) electrons. The fourth-order valence-electron chi connectivity index (χ4n) is 4.57. The van der Waals surface area contributed by atoms with Crippen molar-refractivity contribution in [3.8, 4) is 11.5 Å². The minimum Gasteiger partial charge on any atom is -0.497 e. The highest BCUT2D eigenvalue weighted by atomic mass is 32.2. The van der Waals surface area contributed by atoms with E-state index in [9.17, 15) is 13.2 Å². The number of amides is 1. The van der Waals surface area contributed by atoms with E-state index in [0.717, 1.165) is 17.7 Å². The fourth-order valence-corrected chi connectivity index (χ4v) is 6.13. The largest absolute Gasteiger partial charge is 0.497 e. The average Bonchev–Trinajstić information content (AvgIpc) is 3.09. The lowest BCUT2D eigenvalue weighted by molar-refractivity contribution is -0.138. The maximum atomic E-state index is 13.4. The normalized spacial score (nSPS) is 22.1. The van der Waals surface area contributed by atoms with Crippen LogP contribution >= 0.6 is 0 Å². The molecule has 2 aliphatic heterocycles. The van der Waals surface area contributed by atoms with E-state index in [1.165, 1.54) is 4.31 Å². The molecule has 0 N–H and O–H groups in total. The molecule has 0 saturated carbocycles. The molecule has 2 saturated heterocycles. The van der Waals surface area contributed by atoms with Gasteiger partial charge in [-0.25, -0.2) is 8.42 Å². The average molecular weight is 445 g/mol. The third-order valence-electron chi connectivity index (χ3n) is 6.37. The van der Waals surface area contributed by atoms with E-state index in [0.29, 0.717) is 38.2 Å². The van der Waals surface area contributed by atoms with Crippen molar-refractivity contribution >= 4 is 15.9 Å². The summed E-state index contributed by atoms with van der Waals surface area (Å²) in [6.07, 6.45) is 2.08. The fraction of sp³-hybridized carbons (Fsp3) is 0.435. The SMILES string of the molecule is COc1ccc(CN2CCC3(CCCN(S(=O)(=O)c4ccc(OC)cc4)C3)C2=O)cc1. The van der Waals surface area contributed by atoms with Gasteiger partial charge in [-0.15, -0.1) is 0 Å². The Morgan fingerprint density at radius 2 is 1.52 bits per heavy atom. The monoisotopic (exact) mass is 444 g/mol. The van der Waals surface area contributed by atoms with Gasteiger partial charge in [0.05, 0.1) is 24.5 Å². The van der Waals surface area contributed by atoms with E-state index in [1.807, 2.05) is 29.2 Å². The van der Waals surface area contributed by atoms with E-state index >= 15 is 0 Å². The highest BCUT2D eigenvalue weighted by molar-refractivity contribution is 7.89. The number of carbonyl (C=O) groups excluding carboxylic acids is 1. The zero-order valence-electron chi connectivity index (χ0n) is 17.9. The van der Waals surface area contributed by atoms with Crippen molar-refractivity contribution in [1.29, 1.82) is 0 Å². The van der Waals surface area contributed by atoms with Gasteiger partial charge in [-0.3, -0.25) is 4.79 Å². The smallest absolute Gasteiger partial charge is 0.243 e. The molecule has 2 aromatic rings. The summed E-state index contributed by atoms with van der Waals surface area (Å²) in [7, 11) is -0.499. The number of ether oxygens (including phenoxy) is 2. The number of likely N-dealkylation sites (tertiary alicyclic amines) is 1. The predicted octanol–water partition coefficient (Wildman–Crippen LogP) is 2.91. The number of nitrogens with zero attached hydrogens (tertiary/aromatic N) is 2. The Morgan fingerprint density at radius 3 is 2.13 bits per heavy atom. The summed E-state index contributed by atoms with van der Waals surface area (Å²) in [5.74, 6) is 1.44. The molecule has 8 heteroatoms. The number of benzene rings is 2. The first kappa shape index (κ1) is 21.6. The van der Waals surface area contributed by atoms with Crippen LogP contribution in [0.1, 0.15) is 24.8 Å². The molecule has 1 spiro atoms. The number of methoxy groups -OCH3 is 2. The number of carbonyl (C=O) groups is 1. The lowest BCUT2D eigenvalue weighted by Gasteiger charge is -2.38. The van der Waals surface area contributed by atoms with Crippen LogP contribution < -0.4 is 9.47 Å². The molecule has 1 amide bonds. The number of hydrogen-bond acceptors (Lipinski definition) is 5. The first-order chi connectivity index (χ1) is 14.9. The van der Waals surface area contributed by atoms with Crippen molar-refractivity contribution in [2.75, 3.05) is 33.9 Å². The maximum Gasteiger partial charge on any atom is 0.243 e. The Hall–Kier alpha value is -2.58. The Morgan fingerprint density at radius 1 is 0.903 bits per heavy atom. The number of hydrogen-bond donors (Lipinski definition) is 0. The van der Waals surface area contributed by atoms with Crippen molar-refractivity contribution in [2.45, 2.75) is 30.7 Å². The van der Waals surface area contributed by atoms with Crippen LogP contribution in [0, 0.1) is 5.41 Å². The van der Waals surface area contributed by atoms with Crippen molar-refractivity contribution in [3.63, 3.8) is 0 Å². The van der Waals surface area contributed by atoms with Crippen LogP contribution in [0.4, 0.5) is 0 Å². The van der Waals surface area contributed by atoms with Crippen LogP contribution in [0.2, 0.25) is 0 Å². The zero-order chi connectivity index (χ0) is 22.1. The molecule has 0 bridgehead atoms. The van der Waals surface area contributed by atoms with Gasteiger partial charge in [0.1, 0.15) is 11.5 Å². The van der Waals surface area contributed by atoms with Gasteiger partial charge < -0.3 is 14.4 Å². The molecule has 2 heterocycles.